The molecular formula is C15H13ClN2O5S. The van der Waals surface area contributed by atoms with Crippen molar-refractivity contribution in [1.29, 1.82) is 0 Å². The van der Waals surface area contributed by atoms with E-state index in [2.05, 4.69) is 5.32 Å². The number of amides is 2. The van der Waals surface area contributed by atoms with Crippen molar-refractivity contribution in [3.05, 3.63) is 45.8 Å². The maximum atomic E-state index is 12.1. The number of phenols is 1. The van der Waals surface area contributed by atoms with Crippen molar-refractivity contribution in [2.45, 2.75) is 13.0 Å². The fraction of sp³-hybridized carbons (Fsp3) is 0.133. The molecule has 126 valence electrons. The van der Waals surface area contributed by atoms with E-state index in [0.717, 1.165) is 11.3 Å². The number of nitrogens with one attached hydrogen (secondary N) is 1. The van der Waals surface area contributed by atoms with Crippen LogP contribution in [-0.4, -0.2) is 29.0 Å². The summed E-state index contributed by atoms with van der Waals surface area (Å²) in [7, 11) is 0. The van der Waals surface area contributed by atoms with Gasteiger partial charge in [-0.25, -0.2) is 4.79 Å². The highest BCUT2D eigenvalue weighted by molar-refractivity contribution is 7.14. The van der Waals surface area contributed by atoms with Gasteiger partial charge in [-0.3, -0.25) is 9.59 Å². The molecule has 2 aromatic rings. The van der Waals surface area contributed by atoms with Crippen molar-refractivity contribution in [3.8, 4) is 5.75 Å². The lowest BCUT2D eigenvalue weighted by Crippen LogP contribution is -2.30. The van der Waals surface area contributed by atoms with Crippen LogP contribution in [0, 0.1) is 0 Å². The number of esters is 1. The number of halogens is 1. The van der Waals surface area contributed by atoms with Gasteiger partial charge in [0.2, 0.25) is 0 Å². The molecule has 2 amide bonds. The van der Waals surface area contributed by atoms with Gasteiger partial charge in [-0.15, -0.1) is 11.3 Å². The van der Waals surface area contributed by atoms with E-state index in [-0.39, 0.29) is 26.9 Å². The number of hydrogen-bond donors (Lipinski definition) is 3. The molecule has 0 saturated carbocycles. The van der Waals surface area contributed by atoms with Gasteiger partial charge >= 0.3 is 5.97 Å². The monoisotopic (exact) mass is 368 g/mol. The Bertz CT molecular complexity index is 805. The summed E-state index contributed by atoms with van der Waals surface area (Å²) in [6.07, 6.45) is -1.17. The molecule has 0 unspecified atom stereocenters. The first-order valence-electron chi connectivity index (χ1n) is 6.67. The van der Waals surface area contributed by atoms with Gasteiger partial charge < -0.3 is 20.9 Å². The molecule has 24 heavy (non-hydrogen) atoms. The van der Waals surface area contributed by atoms with E-state index in [4.69, 9.17) is 22.1 Å². The third-order valence-corrected chi connectivity index (χ3v) is 4.06. The Labute approximate surface area is 146 Å². The van der Waals surface area contributed by atoms with Crippen molar-refractivity contribution in [2.24, 2.45) is 5.73 Å². The van der Waals surface area contributed by atoms with Crippen molar-refractivity contribution in [2.75, 3.05) is 5.32 Å². The molecule has 2 rings (SSSR count). The lowest BCUT2D eigenvalue weighted by atomic mass is 10.2. The molecule has 4 N–H and O–H groups in total. The molecule has 9 heteroatoms. The van der Waals surface area contributed by atoms with Gasteiger partial charge in [-0.05, 0) is 36.6 Å². The minimum atomic E-state index is -1.17. The number of phenolic OH excluding ortho intramolecular Hbond substituents is 1. The summed E-state index contributed by atoms with van der Waals surface area (Å²) in [6, 6.07) is 5.36. The van der Waals surface area contributed by atoms with Crippen LogP contribution in [0.25, 0.3) is 0 Å². The molecule has 0 bridgehead atoms. The number of hydrogen-bond acceptors (Lipinski definition) is 6. The Morgan fingerprint density at radius 2 is 2.00 bits per heavy atom. The van der Waals surface area contributed by atoms with Crippen LogP contribution < -0.4 is 11.1 Å². The maximum absolute atomic E-state index is 12.1. The second-order valence-corrected chi connectivity index (χ2v) is 6.08. The van der Waals surface area contributed by atoms with Crippen molar-refractivity contribution in [1.82, 2.24) is 0 Å². The molecule has 0 aliphatic rings. The fourth-order valence-corrected chi connectivity index (χ4v) is 2.73. The average molecular weight is 369 g/mol. The highest BCUT2D eigenvalue weighted by Crippen LogP contribution is 2.24. The first-order chi connectivity index (χ1) is 11.3. The SMILES string of the molecule is C[C@H](OC(=O)c1cc(Cl)ccc1O)C(=O)Nc1sccc1C(N)=O. The number of anilines is 1. The van der Waals surface area contributed by atoms with Gasteiger partial charge in [0.15, 0.2) is 6.10 Å². The number of ether oxygens (including phenoxy) is 1. The van der Waals surface area contributed by atoms with Crippen LogP contribution in [0.2, 0.25) is 5.02 Å². The van der Waals surface area contributed by atoms with E-state index in [1.54, 1.807) is 5.38 Å². The van der Waals surface area contributed by atoms with Gasteiger partial charge in [-0.2, -0.15) is 0 Å². The molecule has 7 nitrogen and oxygen atoms in total. The molecule has 1 atom stereocenters. The number of carbonyl (C=O) groups excluding carboxylic acids is 3. The topological polar surface area (TPSA) is 119 Å². The van der Waals surface area contributed by atoms with Gasteiger partial charge in [0.25, 0.3) is 11.8 Å². The summed E-state index contributed by atoms with van der Waals surface area (Å²) >= 11 is 6.87. The van der Waals surface area contributed by atoms with Crippen LogP contribution in [-0.2, 0) is 9.53 Å². The van der Waals surface area contributed by atoms with E-state index in [0.29, 0.717) is 0 Å². The number of carbonyl (C=O) groups is 3. The second kappa shape index (κ2) is 7.33. The van der Waals surface area contributed by atoms with Crippen LogP contribution in [0.3, 0.4) is 0 Å². The molecule has 0 radical (unpaired) electrons. The number of thiophene rings is 1. The largest absolute Gasteiger partial charge is 0.507 e. The van der Waals surface area contributed by atoms with E-state index >= 15 is 0 Å². The zero-order valence-electron chi connectivity index (χ0n) is 12.4. The third-order valence-electron chi connectivity index (χ3n) is 3.00. The molecule has 1 aromatic carbocycles. The number of nitrogens with two attached hydrogens (primary N) is 1. The Morgan fingerprint density at radius 3 is 2.67 bits per heavy atom. The molecule has 1 heterocycles. The third kappa shape index (κ3) is 4.03. The minimum Gasteiger partial charge on any atom is -0.507 e. The van der Waals surface area contributed by atoms with Crippen LogP contribution in [0.15, 0.2) is 29.6 Å². The van der Waals surface area contributed by atoms with Crippen LogP contribution >= 0.6 is 22.9 Å². The normalized spacial score (nSPS) is 11.6. The average Bonchev–Trinajstić information content (AvgIpc) is 2.97. The second-order valence-electron chi connectivity index (χ2n) is 4.73. The Kier molecular flexibility index (Phi) is 5.42. The number of aromatic hydroxyl groups is 1. The summed E-state index contributed by atoms with van der Waals surface area (Å²) in [5.41, 5.74) is 5.20. The highest BCUT2D eigenvalue weighted by atomic mass is 35.5. The van der Waals surface area contributed by atoms with Crippen LogP contribution in [0.5, 0.6) is 5.75 Å². The summed E-state index contributed by atoms with van der Waals surface area (Å²) in [5.74, 6) is -2.54. The van der Waals surface area contributed by atoms with E-state index < -0.39 is 23.9 Å². The molecule has 1 aromatic heterocycles. The molecule has 0 saturated heterocycles. The number of rotatable bonds is 5. The van der Waals surface area contributed by atoms with Crippen LogP contribution in [0.1, 0.15) is 27.6 Å². The van der Waals surface area contributed by atoms with E-state index in [1.165, 1.54) is 31.2 Å². The zero-order valence-corrected chi connectivity index (χ0v) is 14.0. The van der Waals surface area contributed by atoms with E-state index in [9.17, 15) is 19.5 Å². The molecular weight excluding hydrogens is 356 g/mol. The number of benzene rings is 1. The summed E-state index contributed by atoms with van der Waals surface area (Å²) in [4.78, 5) is 35.3. The molecule has 0 spiro atoms. The predicted molar refractivity (Wildman–Crippen MR) is 89.5 cm³/mol. The van der Waals surface area contributed by atoms with E-state index in [1.807, 2.05) is 0 Å². The zero-order chi connectivity index (χ0) is 17.9. The molecule has 0 aliphatic carbocycles. The van der Waals surface area contributed by atoms with Gasteiger partial charge in [0.1, 0.15) is 16.3 Å². The van der Waals surface area contributed by atoms with Gasteiger partial charge in [-0.1, -0.05) is 11.6 Å². The Hall–Kier alpha value is -2.58. The quantitative estimate of drug-likeness (QED) is 0.700. The van der Waals surface area contributed by atoms with Crippen molar-refractivity contribution < 1.29 is 24.2 Å². The molecule has 0 aliphatic heterocycles. The summed E-state index contributed by atoms with van der Waals surface area (Å²) < 4.78 is 5.00. The Morgan fingerprint density at radius 1 is 1.29 bits per heavy atom. The summed E-state index contributed by atoms with van der Waals surface area (Å²) in [5, 5.41) is 14.2. The van der Waals surface area contributed by atoms with Crippen molar-refractivity contribution >= 4 is 45.7 Å². The van der Waals surface area contributed by atoms with Gasteiger partial charge in [0, 0.05) is 5.02 Å². The smallest absolute Gasteiger partial charge is 0.342 e. The lowest BCUT2D eigenvalue weighted by molar-refractivity contribution is -0.123. The maximum Gasteiger partial charge on any atom is 0.342 e. The first kappa shape index (κ1) is 17.8. The Balaban J connectivity index is 2.06. The van der Waals surface area contributed by atoms with Crippen molar-refractivity contribution in [3.63, 3.8) is 0 Å². The lowest BCUT2D eigenvalue weighted by Gasteiger charge is -2.14. The molecule has 0 fully saturated rings. The van der Waals surface area contributed by atoms with Gasteiger partial charge in [0.05, 0.1) is 5.56 Å². The van der Waals surface area contributed by atoms with Crippen LogP contribution in [0.4, 0.5) is 5.00 Å². The predicted octanol–water partition coefficient (Wildman–Crippen LogP) is 2.39. The standard InChI is InChI=1S/C15H13ClN2O5S/c1-7(13(21)18-14-9(12(17)20)4-5-24-14)23-15(22)10-6-8(16)2-3-11(10)19/h2-7,19H,1H3,(H2,17,20)(H,18,21)/t7-/m0/s1. The minimum absolute atomic E-state index is 0.156. The summed E-state index contributed by atoms with van der Waals surface area (Å²) in [6.45, 7) is 1.35. The highest BCUT2D eigenvalue weighted by Gasteiger charge is 2.23. The number of primary amides is 1. The first-order valence-corrected chi connectivity index (χ1v) is 7.93. The fourth-order valence-electron chi connectivity index (χ4n) is 1.76.